The Balaban J connectivity index is 1.96. The molecule has 1 aliphatic rings. The highest BCUT2D eigenvalue weighted by Crippen LogP contribution is 2.21. The minimum Gasteiger partial charge on any atom is -0.361 e. The van der Waals surface area contributed by atoms with Gasteiger partial charge in [0.25, 0.3) is 0 Å². The molecule has 0 unspecified atom stereocenters. The van der Waals surface area contributed by atoms with Gasteiger partial charge in [-0.05, 0) is 38.4 Å². The second-order valence-corrected chi connectivity index (χ2v) is 8.29. The van der Waals surface area contributed by atoms with E-state index in [1.807, 2.05) is 23.9 Å². The fraction of sp³-hybridized carbons (Fsp3) is 0.533. The molecular formula is C15H22F2N4O2S2. The number of thiocarbonyl (C=S) groups is 1. The number of benzene rings is 1. The van der Waals surface area contributed by atoms with Crippen LogP contribution in [-0.2, 0) is 10.0 Å². The highest BCUT2D eigenvalue weighted by Gasteiger charge is 2.31. The minimum atomic E-state index is -3.99. The number of sulfonamides is 1. The molecule has 0 aromatic heterocycles. The average Bonchev–Trinajstić information content (AvgIpc) is 2.54. The second-order valence-electron chi connectivity index (χ2n) is 6.00. The second kappa shape index (κ2) is 8.35. The molecule has 0 atom stereocenters. The number of likely N-dealkylation sites (N-methyl/N-ethyl adjacent to an activating group) is 1. The zero-order valence-corrected chi connectivity index (χ0v) is 15.8. The first-order chi connectivity index (χ1) is 11.7. The molecule has 2 rings (SSSR count). The standard InChI is InChI=1S/C15H22F2N4O2S2/c1-19(2)6-5-18-15(24)20-7-9-21(10-8-20)25(22,23)14-4-3-12(16)11-13(14)17/h3-4,11H,5-10H2,1-2H3,(H,18,24). The first kappa shape index (κ1) is 20.0. The van der Waals surface area contributed by atoms with Crippen molar-refractivity contribution >= 4 is 27.4 Å². The van der Waals surface area contributed by atoms with Gasteiger partial charge in [0.2, 0.25) is 10.0 Å². The lowest BCUT2D eigenvalue weighted by molar-refractivity contribution is 0.262. The van der Waals surface area contributed by atoms with Gasteiger partial charge >= 0.3 is 0 Å². The van der Waals surface area contributed by atoms with Crippen LogP contribution in [0.2, 0.25) is 0 Å². The summed E-state index contributed by atoms with van der Waals surface area (Å²) in [6.45, 7) is 2.73. The van der Waals surface area contributed by atoms with Crippen LogP contribution in [0.5, 0.6) is 0 Å². The SMILES string of the molecule is CN(C)CCNC(=S)N1CCN(S(=O)(=O)c2ccc(F)cc2F)CC1. The van der Waals surface area contributed by atoms with Crippen molar-refractivity contribution in [1.82, 2.24) is 19.4 Å². The Labute approximate surface area is 152 Å². The summed E-state index contributed by atoms with van der Waals surface area (Å²) in [5.41, 5.74) is 0. The first-order valence-electron chi connectivity index (χ1n) is 7.84. The molecule has 1 fully saturated rings. The number of piperazine rings is 1. The Morgan fingerprint density at radius 2 is 1.88 bits per heavy atom. The largest absolute Gasteiger partial charge is 0.361 e. The van der Waals surface area contributed by atoms with Crippen LogP contribution in [0, 0.1) is 11.6 Å². The van der Waals surface area contributed by atoms with E-state index in [1.165, 1.54) is 4.31 Å². The number of halogens is 2. The van der Waals surface area contributed by atoms with Gasteiger partial charge in [-0.3, -0.25) is 0 Å². The Bertz CT molecular complexity index is 720. The van der Waals surface area contributed by atoms with Gasteiger partial charge in [0.15, 0.2) is 5.11 Å². The van der Waals surface area contributed by atoms with Crippen LogP contribution in [0.15, 0.2) is 23.1 Å². The van der Waals surface area contributed by atoms with E-state index in [1.54, 1.807) is 0 Å². The average molecular weight is 392 g/mol. The molecule has 10 heteroatoms. The lowest BCUT2D eigenvalue weighted by Crippen LogP contribution is -2.53. The van der Waals surface area contributed by atoms with Gasteiger partial charge in [-0.15, -0.1) is 0 Å². The van der Waals surface area contributed by atoms with Crippen LogP contribution < -0.4 is 5.32 Å². The molecule has 0 saturated carbocycles. The molecule has 1 aromatic rings. The quantitative estimate of drug-likeness (QED) is 0.745. The molecule has 1 aromatic carbocycles. The summed E-state index contributed by atoms with van der Waals surface area (Å²) in [7, 11) is -0.0696. The van der Waals surface area contributed by atoms with Crippen molar-refractivity contribution in [3.05, 3.63) is 29.8 Å². The summed E-state index contributed by atoms with van der Waals surface area (Å²) in [6.07, 6.45) is 0. The third kappa shape index (κ3) is 5.06. The van der Waals surface area contributed by atoms with Gasteiger partial charge in [0.05, 0.1) is 0 Å². The van der Waals surface area contributed by atoms with Crippen molar-refractivity contribution in [2.75, 3.05) is 53.4 Å². The molecule has 0 amide bonds. The maximum absolute atomic E-state index is 13.8. The zero-order chi connectivity index (χ0) is 18.6. The molecule has 1 heterocycles. The summed E-state index contributed by atoms with van der Waals surface area (Å²) in [6, 6.07) is 2.47. The monoisotopic (exact) mass is 392 g/mol. The highest BCUT2D eigenvalue weighted by molar-refractivity contribution is 7.89. The topological polar surface area (TPSA) is 55.9 Å². The minimum absolute atomic E-state index is 0.189. The molecule has 0 aliphatic carbocycles. The number of hydrogen-bond donors (Lipinski definition) is 1. The van der Waals surface area contributed by atoms with Gasteiger partial charge in [-0.2, -0.15) is 4.31 Å². The van der Waals surface area contributed by atoms with Crippen molar-refractivity contribution in [3.8, 4) is 0 Å². The Morgan fingerprint density at radius 3 is 2.44 bits per heavy atom. The first-order valence-corrected chi connectivity index (χ1v) is 9.69. The molecule has 1 N–H and O–H groups in total. The predicted molar refractivity (Wildman–Crippen MR) is 95.8 cm³/mol. The molecule has 0 radical (unpaired) electrons. The number of hydrogen-bond acceptors (Lipinski definition) is 4. The normalized spacial score (nSPS) is 16.3. The van der Waals surface area contributed by atoms with Gasteiger partial charge in [-0.25, -0.2) is 17.2 Å². The van der Waals surface area contributed by atoms with E-state index in [-0.39, 0.29) is 13.1 Å². The van der Waals surface area contributed by atoms with Gasteiger partial charge < -0.3 is 15.1 Å². The molecule has 1 aliphatic heterocycles. The van der Waals surface area contributed by atoms with Crippen LogP contribution in [0.3, 0.4) is 0 Å². The molecule has 0 spiro atoms. The van der Waals surface area contributed by atoms with Crippen LogP contribution >= 0.6 is 12.2 Å². The Hall–Kier alpha value is -1.36. The van der Waals surface area contributed by atoms with Crippen molar-refractivity contribution in [1.29, 1.82) is 0 Å². The van der Waals surface area contributed by atoms with E-state index in [0.29, 0.717) is 30.8 Å². The molecule has 1 saturated heterocycles. The van der Waals surface area contributed by atoms with Gasteiger partial charge in [-0.1, -0.05) is 0 Å². The number of nitrogens with zero attached hydrogens (tertiary/aromatic N) is 3. The van der Waals surface area contributed by atoms with E-state index in [2.05, 4.69) is 5.32 Å². The maximum Gasteiger partial charge on any atom is 0.246 e. The fourth-order valence-electron chi connectivity index (χ4n) is 2.45. The molecule has 0 bridgehead atoms. The zero-order valence-electron chi connectivity index (χ0n) is 14.2. The van der Waals surface area contributed by atoms with Gasteiger partial charge in [0, 0.05) is 45.3 Å². The van der Waals surface area contributed by atoms with Crippen molar-refractivity contribution < 1.29 is 17.2 Å². The van der Waals surface area contributed by atoms with Crippen molar-refractivity contribution in [2.24, 2.45) is 0 Å². The van der Waals surface area contributed by atoms with Crippen LogP contribution in [0.25, 0.3) is 0 Å². The Kier molecular flexibility index (Phi) is 6.66. The van der Waals surface area contributed by atoms with E-state index < -0.39 is 26.6 Å². The summed E-state index contributed by atoms with van der Waals surface area (Å²) >= 11 is 5.31. The maximum atomic E-state index is 13.8. The van der Waals surface area contributed by atoms with E-state index in [9.17, 15) is 17.2 Å². The molecule has 6 nitrogen and oxygen atoms in total. The summed E-state index contributed by atoms with van der Waals surface area (Å²) in [5, 5.41) is 3.71. The molecule has 25 heavy (non-hydrogen) atoms. The van der Waals surface area contributed by atoms with Crippen LogP contribution in [-0.4, -0.2) is 81.0 Å². The third-order valence-electron chi connectivity index (χ3n) is 3.87. The highest BCUT2D eigenvalue weighted by atomic mass is 32.2. The summed E-state index contributed by atoms with van der Waals surface area (Å²) < 4.78 is 53.1. The van der Waals surface area contributed by atoms with E-state index in [4.69, 9.17) is 12.2 Å². The van der Waals surface area contributed by atoms with Crippen LogP contribution in [0.4, 0.5) is 8.78 Å². The lowest BCUT2D eigenvalue weighted by atomic mass is 10.3. The summed E-state index contributed by atoms with van der Waals surface area (Å²) in [5.74, 6) is -1.89. The summed E-state index contributed by atoms with van der Waals surface area (Å²) in [4.78, 5) is 3.41. The predicted octanol–water partition coefficient (Wildman–Crippen LogP) is 0.707. The van der Waals surface area contributed by atoms with E-state index in [0.717, 1.165) is 18.7 Å². The molecule has 140 valence electrons. The van der Waals surface area contributed by atoms with E-state index >= 15 is 0 Å². The van der Waals surface area contributed by atoms with Crippen LogP contribution in [0.1, 0.15) is 0 Å². The molecular weight excluding hydrogens is 370 g/mol. The fourth-order valence-corrected chi connectivity index (χ4v) is 4.21. The number of rotatable bonds is 5. The van der Waals surface area contributed by atoms with Gasteiger partial charge in [0.1, 0.15) is 16.5 Å². The van der Waals surface area contributed by atoms with Crippen molar-refractivity contribution in [3.63, 3.8) is 0 Å². The Morgan fingerprint density at radius 1 is 1.24 bits per heavy atom. The van der Waals surface area contributed by atoms with Crippen molar-refractivity contribution in [2.45, 2.75) is 4.90 Å². The number of nitrogens with one attached hydrogen (secondary N) is 1. The smallest absolute Gasteiger partial charge is 0.246 e. The third-order valence-corrected chi connectivity index (χ3v) is 6.21. The lowest BCUT2D eigenvalue weighted by Gasteiger charge is -2.35.